The molecule has 0 aromatic heterocycles. The summed E-state index contributed by atoms with van der Waals surface area (Å²) in [7, 11) is 0. The van der Waals surface area contributed by atoms with Crippen molar-refractivity contribution in [2.45, 2.75) is 13.0 Å². The lowest BCUT2D eigenvalue weighted by Gasteiger charge is -1.90. The van der Waals surface area contributed by atoms with Crippen LogP contribution in [0.1, 0.15) is 6.92 Å². The molecule has 0 radical (unpaired) electrons. The lowest BCUT2D eigenvalue weighted by molar-refractivity contribution is 0.121. The van der Waals surface area contributed by atoms with Crippen LogP contribution in [-0.4, -0.2) is 24.2 Å². The number of rotatable bonds is 0. The number of hydrogen-bond donors (Lipinski definition) is 0. The smallest absolute Gasteiger partial charge is 0.430 e. The second-order valence-corrected chi connectivity index (χ2v) is 2.40. The van der Waals surface area contributed by atoms with Gasteiger partial charge in [-0.1, -0.05) is 0 Å². The number of carbonyl (C=O) groups is 1. The van der Waals surface area contributed by atoms with Crippen LogP contribution in [0.3, 0.4) is 0 Å². The molecule has 0 aromatic carbocycles. The minimum atomic E-state index is -0.549. The molecule has 0 N–H and O–H groups in total. The molecular weight excluding hydrogens is 179 g/mol. The van der Waals surface area contributed by atoms with E-state index >= 15 is 0 Å². The minimum absolute atomic E-state index is 0.0486. The number of halogens is 2. The van der Waals surface area contributed by atoms with E-state index in [9.17, 15) is 4.79 Å². The maximum absolute atomic E-state index is 10.0. The molecule has 0 saturated carbocycles. The SMILES string of the molecule is CC1COC(=O)O1.ClCCl. The molecule has 60 valence electrons. The van der Waals surface area contributed by atoms with Crippen molar-refractivity contribution >= 4 is 29.4 Å². The zero-order chi connectivity index (χ0) is 7.98. The summed E-state index contributed by atoms with van der Waals surface area (Å²) in [5, 5.41) is 0.194. The maximum Gasteiger partial charge on any atom is 0.508 e. The molecule has 0 spiro atoms. The van der Waals surface area contributed by atoms with Crippen molar-refractivity contribution in [3.05, 3.63) is 0 Å². The first-order chi connectivity index (χ1) is 4.70. The summed E-state index contributed by atoms with van der Waals surface area (Å²) >= 11 is 9.53. The van der Waals surface area contributed by atoms with E-state index in [1.165, 1.54) is 0 Å². The van der Waals surface area contributed by atoms with E-state index in [1.807, 2.05) is 0 Å². The third kappa shape index (κ3) is 4.70. The number of hydrogen-bond acceptors (Lipinski definition) is 3. The predicted molar refractivity (Wildman–Crippen MR) is 38.5 cm³/mol. The van der Waals surface area contributed by atoms with Crippen molar-refractivity contribution in [1.29, 1.82) is 0 Å². The van der Waals surface area contributed by atoms with E-state index in [0.29, 0.717) is 6.61 Å². The van der Waals surface area contributed by atoms with Gasteiger partial charge < -0.3 is 9.47 Å². The first-order valence-corrected chi connectivity index (χ1v) is 3.73. The van der Waals surface area contributed by atoms with Crippen LogP contribution in [-0.2, 0) is 9.47 Å². The highest BCUT2D eigenvalue weighted by Gasteiger charge is 2.19. The highest BCUT2D eigenvalue weighted by molar-refractivity contribution is 6.40. The summed E-state index contributed by atoms with van der Waals surface area (Å²) in [6.45, 7) is 2.18. The summed E-state index contributed by atoms with van der Waals surface area (Å²) in [5.74, 6) is 0. The molecule has 1 atom stereocenters. The lowest BCUT2D eigenvalue weighted by Crippen LogP contribution is -2.01. The van der Waals surface area contributed by atoms with Gasteiger partial charge in [-0.3, -0.25) is 0 Å². The van der Waals surface area contributed by atoms with E-state index < -0.39 is 6.16 Å². The molecule has 3 nitrogen and oxygen atoms in total. The quantitative estimate of drug-likeness (QED) is 0.429. The predicted octanol–water partition coefficient (Wildman–Crippen LogP) is 1.96. The molecule has 1 saturated heterocycles. The van der Waals surface area contributed by atoms with Gasteiger partial charge >= 0.3 is 6.16 Å². The van der Waals surface area contributed by atoms with Crippen LogP contribution in [0.2, 0.25) is 0 Å². The maximum atomic E-state index is 10.0. The van der Waals surface area contributed by atoms with Gasteiger partial charge in [-0.15, -0.1) is 23.2 Å². The summed E-state index contributed by atoms with van der Waals surface area (Å²) < 4.78 is 8.90. The molecule has 1 rings (SSSR count). The van der Waals surface area contributed by atoms with Gasteiger partial charge in [-0.25, -0.2) is 4.79 Å². The van der Waals surface area contributed by atoms with E-state index in [0.717, 1.165) is 0 Å². The Morgan fingerprint density at radius 2 is 2.20 bits per heavy atom. The molecule has 1 fully saturated rings. The molecule has 1 unspecified atom stereocenters. The molecule has 0 aliphatic carbocycles. The monoisotopic (exact) mass is 186 g/mol. The highest BCUT2D eigenvalue weighted by Crippen LogP contribution is 2.02. The normalized spacial score (nSPS) is 22.3. The number of alkyl halides is 2. The van der Waals surface area contributed by atoms with Gasteiger partial charge in [0.2, 0.25) is 0 Å². The molecule has 5 heteroatoms. The summed E-state index contributed by atoms with van der Waals surface area (Å²) in [4.78, 5) is 10.0. The average molecular weight is 187 g/mol. The average Bonchev–Trinajstić information content (AvgIpc) is 2.17. The van der Waals surface area contributed by atoms with Crippen LogP contribution in [0, 0.1) is 0 Å². The fourth-order valence-electron chi connectivity index (χ4n) is 0.418. The Kier molecular flexibility index (Phi) is 5.54. The topological polar surface area (TPSA) is 35.5 Å². The molecule has 10 heavy (non-hydrogen) atoms. The fourth-order valence-corrected chi connectivity index (χ4v) is 0.418. The Bertz CT molecular complexity index is 107. The van der Waals surface area contributed by atoms with Gasteiger partial charge in [0.1, 0.15) is 12.7 Å². The number of carbonyl (C=O) groups excluding carboxylic acids is 1. The third-order valence-electron chi connectivity index (χ3n) is 0.733. The molecule has 1 aliphatic rings. The van der Waals surface area contributed by atoms with E-state index in [-0.39, 0.29) is 11.4 Å². The molecule has 0 amide bonds. The molecule has 1 heterocycles. The largest absolute Gasteiger partial charge is 0.508 e. The van der Waals surface area contributed by atoms with Gasteiger partial charge in [-0.05, 0) is 6.92 Å². The van der Waals surface area contributed by atoms with Gasteiger partial charge in [0.25, 0.3) is 0 Å². The van der Waals surface area contributed by atoms with Crippen LogP contribution in [0.4, 0.5) is 4.79 Å². The van der Waals surface area contributed by atoms with Gasteiger partial charge in [0.15, 0.2) is 0 Å². The van der Waals surface area contributed by atoms with Crippen molar-refractivity contribution in [3.8, 4) is 0 Å². The minimum Gasteiger partial charge on any atom is -0.430 e. The summed E-state index contributed by atoms with van der Waals surface area (Å²) in [6, 6.07) is 0. The Morgan fingerprint density at radius 1 is 1.70 bits per heavy atom. The zero-order valence-corrected chi connectivity index (χ0v) is 6.98. The van der Waals surface area contributed by atoms with Crippen molar-refractivity contribution in [2.75, 3.05) is 11.9 Å². The van der Waals surface area contributed by atoms with E-state index in [2.05, 4.69) is 9.47 Å². The van der Waals surface area contributed by atoms with E-state index in [1.54, 1.807) is 6.92 Å². The Balaban J connectivity index is 0.000000236. The van der Waals surface area contributed by atoms with E-state index in [4.69, 9.17) is 23.2 Å². The standard InChI is InChI=1S/C4H6O3.CH2Cl2/c1-3-2-6-4(5)7-3;2-1-3/h3H,2H2,1H3;1H2. The fraction of sp³-hybridized carbons (Fsp3) is 0.800. The molecule has 0 aromatic rings. The number of cyclic esters (lactones) is 2. The first-order valence-electron chi connectivity index (χ1n) is 2.66. The highest BCUT2D eigenvalue weighted by atomic mass is 35.5. The van der Waals surface area contributed by atoms with Crippen LogP contribution >= 0.6 is 23.2 Å². The van der Waals surface area contributed by atoms with Crippen molar-refractivity contribution < 1.29 is 14.3 Å². The van der Waals surface area contributed by atoms with Gasteiger partial charge in [0, 0.05) is 0 Å². The summed E-state index contributed by atoms with van der Waals surface area (Å²) in [6.07, 6.45) is -0.597. The van der Waals surface area contributed by atoms with Crippen LogP contribution in [0.25, 0.3) is 0 Å². The zero-order valence-electron chi connectivity index (χ0n) is 5.47. The molecule has 1 aliphatic heterocycles. The van der Waals surface area contributed by atoms with Crippen LogP contribution < -0.4 is 0 Å². The Morgan fingerprint density at radius 3 is 2.30 bits per heavy atom. The first kappa shape index (κ1) is 9.85. The van der Waals surface area contributed by atoms with Gasteiger partial charge in [0.05, 0.1) is 5.34 Å². The molecular formula is C5H8Cl2O3. The van der Waals surface area contributed by atoms with Crippen LogP contribution in [0.5, 0.6) is 0 Å². The second-order valence-electron chi connectivity index (χ2n) is 1.59. The third-order valence-corrected chi connectivity index (χ3v) is 0.733. The molecule has 0 bridgehead atoms. The van der Waals surface area contributed by atoms with Crippen LogP contribution in [0.15, 0.2) is 0 Å². The van der Waals surface area contributed by atoms with Crippen molar-refractivity contribution in [1.82, 2.24) is 0 Å². The Hall–Kier alpha value is -0.150. The van der Waals surface area contributed by atoms with Gasteiger partial charge in [-0.2, -0.15) is 0 Å². The van der Waals surface area contributed by atoms with Crippen molar-refractivity contribution in [3.63, 3.8) is 0 Å². The second kappa shape index (κ2) is 5.62. The number of ether oxygens (including phenoxy) is 2. The lowest BCUT2D eigenvalue weighted by atomic mass is 10.5. The summed E-state index contributed by atoms with van der Waals surface area (Å²) in [5.41, 5.74) is 0. The Labute approximate surface area is 69.2 Å². The van der Waals surface area contributed by atoms with Crippen molar-refractivity contribution in [2.24, 2.45) is 0 Å².